The third kappa shape index (κ3) is 4.90. The summed E-state index contributed by atoms with van der Waals surface area (Å²) in [7, 11) is 1.55. The molecule has 0 aliphatic heterocycles. The van der Waals surface area contributed by atoms with Gasteiger partial charge in [-0.15, -0.1) is 0 Å². The normalized spacial score (nSPS) is 10.6. The summed E-state index contributed by atoms with van der Waals surface area (Å²) in [6.07, 6.45) is 3.18. The Morgan fingerprint density at radius 2 is 1.79 bits per heavy atom. The Morgan fingerprint density at radius 1 is 1.00 bits per heavy atom. The van der Waals surface area contributed by atoms with Crippen LogP contribution in [0.25, 0.3) is 16.5 Å². The van der Waals surface area contributed by atoms with Gasteiger partial charge in [0, 0.05) is 42.2 Å². The van der Waals surface area contributed by atoms with Gasteiger partial charge in [0.1, 0.15) is 11.6 Å². The molecule has 2 aromatic heterocycles. The van der Waals surface area contributed by atoms with Gasteiger partial charge in [0.2, 0.25) is 5.91 Å². The molecule has 4 rings (SSSR count). The van der Waals surface area contributed by atoms with E-state index >= 15 is 0 Å². The number of carbonyl (C=O) groups is 2. The van der Waals surface area contributed by atoms with Crippen LogP contribution < -0.4 is 20.9 Å². The molecule has 2 aromatic carbocycles. The highest BCUT2D eigenvalue weighted by molar-refractivity contribution is 6.06. The summed E-state index contributed by atoms with van der Waals surface area (Å²) in [4.78, 5) is 42.3. The average molecular weight is 442 g/mol. The van der Waals surface area contributed by atoms with E-state index < -0.39 is 0 Å². The van der Waals surface area contributed by atoms with Crippen LogP contribution in [-0.4, -0.2) is 35.0 Å². The zero-order valence-electron chi connectivity index (χ0n) is 17.9. The topological polar surface area (TPSA) is 102 Å². The molecule has 0 radical (unpaired) electrons. The van der Waals surface area contributed by atoms with Gasteiger partial charge in [0.25, 0.3) is 11.5 Å². The fourth-order valence-corrected chi connectivity index (χ4v) is 3.45. The second kappa shape index (κ2) is 9.78. The molecule has 0 aliphatic carbocycles. The van der Waals surface area contributed by atoms with Crippen LogP contribution in [0.4, 0.5) is 5.82 Å². The Hall–Kier alpha value is -4.46. The fraction of sp³-hybridized carbons (Fsp3) is 0.120. The van der Waals surface area contributed by atoms with E-state index in [1.807, 2.05) is 0 Å². The molecule has 8 heteroatoms. The summed E-state index contributed by atoms with van der Waals surface area (Å²) in [6.45, 7) is 0.129. The third-order valence-corrected chi connectivity index (χ3v) is 5.07. The van der Waals surface area contributed by atoms with Crippen LogP contribution in [-0.2, 0) is 4.79 Å². The van der Waals surface area contributed by atoms with Gasteiger partial charge in [0.15, 0.2) is 0 Å². The van der Waals surface area contributed by atoms with Crippen molar-refractivity contribution >= 4 is 28.4 Å². The summed E-state index contributed by atoms with van der Waals surface area (Å²) >= 11 is 0. The van der Waals surface area contributed by atoms with E-state index in [4.69, 9.17) is 4.74 Å². The first-order valence-corrected chi connectivity index (χ1v) is 10.3. The monoisotopic (exact) mass is 442 g/mol. The highest BCUT2D eigenvalue weighted by Crippen LogP contribution is 2.20. The minimum Gasteiger partial charge on any atom is -0.497 e. The Kier molecular flexibility index (Phi) is 6.45. The number of hydrogen-bond acceptors (Lipinski definition) is 5. The number of nitrogens with zero attached hydrogens (tertiary/aromatic N) is 2. The van der Waals surface area contributed by atoms with Crippen molar-refractivity contribution < 1.29 is 14.3 Å². The minimum atomic E-state index is -0.381. The van der Waals surface area contributed by atoms with E-state index in [0.717, 1.165) is 0 Å². The average Bonchev–Trinajstić information content (AvgIpc) is 2.85. The predicted molar refractivity (Wildman–Crippen MR) is 126 cm³/mol. The standard InChI is InChI=1S/C25H22N4O4/c1-33-18-8-6-7-17(15-18)29-16-21(19-9-2-3-10-20(19)25(29)32)24(31)27-14-12-23(30)28-22-11-4-5-13-26-22/h2-11,13,15-16H,12,14H2,1H3,(H,27,31)(H,26,28,30). The predicted octanol–water partition coefficient (Wildman–Crippen LogP) is 3.15. The number of benzene rings is 2. The number of pyridine rings is 2. The quantitative estimate of drug-likeness (QED) is 0.458. The van der Waals surface area contributed by atoms with Crippen molar-refractivity contribution in [3.05, 3.63) is 95.0 Å². The molecule has 0 spiro atoms. The van der Waals surface area contributed by atoms with Gasteiger partial charge in [-0.2, -0.15) is 0 Å². The molecule has 2 N–H and O–H groups in total. The highest BCUT2D eigenvalue weighted by Gasteiger charge is 2.16. The van der Waals surface area contributed by atoms with Crippen molar-refractivity contribution in [3.63, 3.8) is 0 Å². The van der Waals surface area contributed by atoms with Crippen molar-refractivity contribution in [1.29, 1.82) is 0 Å². The number of carbonyl (C=O) groups excluding carboxylic acids is 2. The third-order valence-electron chi connectivity index (χ3n) is 5.07. The lowest BCUT2D eigenvalue weighted by Crippen LogP contribution is -2.30. The molecule has 0 fully saturated rings. The van der Waals surface area contributed by atoms with E-state index in [0.29, 0.717) is 33.6 Å². The molecule has 8 nitrogen and oxygen atoms in total. The zero-order chi connectivity index (χ0) is 23.2. The molecule has 166 valence electrons. The van der Waals surface area contributed by atoms with Crippen LogP contribution in [0.1, 0.15) is 16.8 Å². The molecule has 4 aromatic rings. The molecule has 0 atom stereocenters. The van der Waals surface area contributed by atoms with Crippen molar-refractivity contribution in [1.82, 2.24) is 14.9 Å². The zero-order valence-corrected chi connectivity index (χ0v) is 17.9. The molecule has 0 saturated carbocycles. The van der Waals surface area contributed by atoms with Gasteiger partial charge in [-0.3, -0.25) is 19.0 Å². The van der Waals surface area contributed by atoms with Crippen LogP contribution in [0.5, 0.6) is 5.75 Å². The number of aromatic nitrogens is 2. The number of rotatable bonds is 7. The molecule has 33 heavy (non-hydrogen) atoms. The number of hydrogen-bond donors (Lipinski definition) is 2. The first-order chi connectivity index (χ1) is 16.1. The molecule has 0 bridgehead atoms. The first-order valence-electron chi connectivity index (χ1n) is 10.3. The first kappa shape index (κ1) is 21.8. The Bertz CT molecular complexity index is 1370. The van der Waals surface area contributed by atoms with Crippen LogP contribution >= 0.6 is 0 Å². The highest BCUT2D eigenvalue weighted by atomic mass is 16.5. The SMILES string of the molecule is COc1cccc(-n2cc(C(=O)NCCC(=O)Nc3ccccn3)c3ccccc3c2=O)c1. The second-order valence-corrected chi connectivity index (χ2v) is 7.23. The summed E-state index contributed by atoms with van der Waals surface area (Å²) in [5, 5.41) is 6.40. The Balaban J connectivity index is 1.57. The van der Waals surface area contributed by atoms with Gasteiger partial charge in [-0.1, -0.05) is 30.3 Å². The smallest absolute Gasteiger partial charge is 0.262 e. The molecule has 0 aliphatic rings. The van der Waals surface area contributed by atoms with Gasteiger partial charge in [0.05, 0.1) is 18.4 Å². The van der Waals surface area contributed by atoms with Crippen molar-refractivity contribution in [2.75, 3.05) is 19.0 Å². The van der Waals surface area contributed by atoms with Gasteiger partial charge >= 0.3 is 0 Å². The summed E-state index contributed by atoms with van der Waals surface area (Å²) in [5.74, 6) is 0.399. The summed E-state index contributed by atoms with van der Waals surface area (Å²) < 4.78 is 6.69. The molecule has 0 saturated heterocycles. The second-order valence-electron chi connectivity index (χ2n) is 7.23. The van der Waals surface area contributed by atoms with E-state index in [-0.39, 0.29) is 30.3 Å². The number of fused-ring (bicyclic) bond motifs is 1. The largest absolute Gasteiger partial charge is 0.497 e. The van der Waals surface area contributed by atoms with E-state index in [1.165, 1.54) is 10.8 Å². The van der Waals surface area contributed by atoms with Crippen LogP contribution in [0.2, 0.25) is 0 Å². The number of ether oxygens (including phenoxy) is 1. The van der Waals surface area contributed by atoms with Crippen molar-refractivity contribution in [3.8, 4) is 11.4 Å². The Morgan fingerprint density at radius 3 is 2.55 bits per heavy atom. The molecule has 2 amide bonds. The summed E-state index contributed by atoms with van der Waals surface area (Å²) in [5.41, 5.74) is 0.664. The van der Waals surface area contributed by atoms with Crippen LogP contribution in [0, 0.1) is 0 Å². The fourth-order valence-electron chi connectivity index (χ4n) is 3.45. The van der Waals surface area contributed by atoms with Crippen molar-refractivity contribution in [2.24, 2.45) is 0 Å². The summed E-state index contributed by atoms with van der Waals surface area (Å²) in [6, 6.07) is 19.2. The van der Waals surface area contributed by atoms with Gasteiger partial charge in [-0.05, 0) is 30.3 Å². The number of anilines is 1. The molecular weight excluding hydrogens is 420 g/mol. The van der Waals surface area contributed by atoms with E-state index in [2.05, 4.69) is 15.6 Å². The maximum Gasteiger partial charge on any atom is 0.262 e. The lowest BCUT2D eigenvalue weighted by atomic mass is 10.1. The maximum atomic E-state index is 13.1. The minimum absolute atomic E-state index is 0.0791. The molecule has 2 heterocycles. The van der Waals surface area contributed by atoms with Crippen LogP contribution in [0.15, 0.2) is 83.9 Å². The van der Waals surface area contributed by atoms with Crippen LogP contribution in [0.3, 0.4) is 0 Å². The molecular formula is C25H22N4O4. The number of amides is 2. The number of nitrogens with one attached hydrogen (secondary N) is 2. The van der Waals surface area contributed by atoms with E-state index in [9.17, 15) is 14.4 Å². The van der Waals surface area contributed by atoms with Gasteiger partial charge < -0.3 is 15.4 Å². The molecule has 0 unspecified atom stereocenters. The lowest BCUT2D eigenvalue weighted by Gasteiger charge is -2.13. The Labute approximate surface area is 189 Å². The number of methoxy groups -OCH3 is 1. The lowest BCUT2D eigenvalue weighted by molar-refractivity contribution is -0.116. The van der Waals surface area contributed by atoms with Crippen molar-refractivity contribution in [2.45, 2.75) is 6.42 Å². The van der Waals surface area contributed by atoms with E-state index in [1.54, 1.807) is 80.0 Å². The van der Waals surface area contributed by atoms with Gasteiger partial charge in [-0.25, -0.2) is 4.98 Å². The maximum absolute atomic E-state index is 13.1.